The molecule has 3 nitrogen and oxygen atoms in total. The van der Waals surface area contributed by atoms with E-state index in [9.17, 15) is 4.79 Å². The van der Waals surface area contributed by atoms with Crippen molar-refractivity contribution in [2.45, 2.75) is 44.9 Å². The average Bonchev–Trinajstić information content (AvgIpc) is 2.31. The lowest BCUT2D eigenvalue weighted by Gasteiger charge is -2.29. The van der Waals surface area contributed by atoms with Gasteiger partial charge in [-0.05, 0) is 32.1 Å². The van der Waals surface area contributed by atoms with Crippen molar-refractivity contribution in [2.24, 2.45) is 5.92 Å². The first kappa shape index (κ1) is 10.9. The molecule has 3 heteroatoms. The largest absolute Gasteiger partial charge is 0.289 e. The van der Waals surface area contributed by atoms with Crippen LogP contribution in [0.15, 0.2) is 0 Å². The van der Waals surface area contributed by atoms with E-state index in [-0.39, 0.29) is 11.8 Å². The number of nitrogens with zero attached hydrogens (tertiary/aromatic N) is 1. The zero-order valence-corrected chi connectivity index (χ0v) is 9.37. The lowest BCUT2D eigenvalue weighted by Crippen LogP contribution is -2.47. The summed E-state index contributed by atoms with van der Waals surface area (Å²) in [4.78, 5) is 11.9. The summed E-state index contributed by atoms with van der Waals surface area (Å²) in [5.74, 6) is 0.543. The molecule has 0 spiro atoms. The highest BCUT2D eigenvalue weighted by atomic mass is 16.2. The van der Waals surface area contributed by atoms with Gasteiger partial charge in [-0.1, -0.05) is 19.3 Å². The molecule has 1 heterocycles. The molecule has 0 unspecified atom stereocenters. The molecule has 1 aliphatic carbocycles. The Morgan fingerprint density at radius 2 is 1.80 bits per heavy atom. The summed E-state index contributed by atoms with van der Waals surface area (Å²) in [7, 11) is 0. The summed E-state index contributed by atoms with van der Waals surface area (Å²) in [6.07, 6.45) is 10.4. The van der Waals surface area contributed by atoms with Crippen LogP contribution in [0, 0.1) is 12.3 Å². The number of carbonyl (C=O) groups excluding carboxylic acids is 1. The maximum Gasteiger partial charge on any atom is 0.237 e. The molecule has 1 saturated carbocycles. The number of amides is 1. The molecule has 2 rings (SSSR count). The number of hydrazine groups is 1. The Morgan fingerprint density at radius 1 is 1.13 bits per heavy atom. The molecule has 0 aromatic heterocycles. The third kappa shape index (κ3) is 3.20. The maximum atomic E-state index is 11.9. The van der Waals surface area contributed by atoms with Gasteiger partial charge in [0.25, 0.3) is 0 Å². The van der Waals surface area contributed by atoms with Gasteiger partial charge < -0.3 is 0 Å². The van der Waals surface area contributed by atoms with Gasteiger partial charge in [0.15, 0.2) is 0 Å². The highest BCUT2D eigenvalue weighted by Gasteiger charge is 2.23. The molecule has 0 atom stereocenters. The first-order chi connectivity index (χ1) is 7.36. The molecule has 0 aromatic rings. The van der Waals surface area contributed by atoms with Crippen LogP contribution in [0.2, 0.25) is 0 Å². The van der Waals surface area contributed by atoms with Crippen molar-refractivity contribution in [1.82, 2.24) is 10.4 Å². The number of rotatable bonds is 2. The van der Waals surface area contributed by atoms with Crippen molar-refractivity contribution in [3.8, 4) is 0 Å². The van der Waals surface area contributed by atoms with Gasteiger partial charge in [0, 0.05) is 19.0 Å². The number of carbonyl (C=O) groups is 1. The lowest BCUT2D eigenvalue weighted by molar-refractivity contribution is -0.131. The van der Waals surface area contributed by atoms with E-state index in [1.807, 2.05) is 0 Å². The van der Waals surface area contributed by atoms with E-state index in [0.717, 1.165) is 38.8 Å². The van der Waals surface area contributed by atoms with E-state index in [1.54, 1.807) is 0 Å². The topological polar surface area (TPSA) is 32.3 Å². The van der Waals surface area contributed by atoms with Crippen molar-refractivity contribution in [3.63, 3.8) is 0 Å². The molecule has 1 saturated heterocycles. The molecule has 1 radical (unpaired) electrons. The van der Waals surface area contributed by atoms with Gasteiger partial charge in [-0.15, -0.1) is 0 Å². The van der Waals surface area contributed by atoms with Crippen LogP contribution in [0.3, 0.4) is 0 Å². The monoisotopic (exact) mass is 209 g/mol. The zero-order chi connectivity index (χ0) is 10.5. The molecule has 1 N–H and O–H groups in total. The van der Waals surface area contributed by atoms with Crippen molar-refractivity contribution in [3.05, 3.63) is 6.42 Å². The van der Waals surface area contributed by atoms with E-state index >= 15 is 0 Å². The van der Waals surface area contributed by atoms with Crippen molar-refractivity contribution in [1.29, 1.82) is 0 Å². The van der Waals surface area contributed by atoms with Crippen LogP contribution in [-0.4, -0.2) is 24.0 Å². The average molecular weight is 209 g/mol. The SMILES string of the molecule is O=C(NN1CC[CH]CC1)C1CCCCC1. The smallest absolute Gasteiger partial charge is 0.237 e. The molecule has 15 heavy (non-hydrogen) atoms. The van der Waals surface area contributed by atoms with Crippen molar-refractivity contribution >= 4 is 5.91 Å². The fraction of sp³-hybridized carbons (Fsp3) is 0.833. The Bertz CT molecular complexity index is 206. The van der Waals surface area contributed by atoms with Gasteiger partial charge >= 0.3 is 0 Å². The quantitative estimate of drug-likeness (QED) is 0.753. The second-order valence-electron chi connectivity index (χ2n) is 4.66. The van der Waals surface area contributed by atoms with E-state index < -0.39 is 0 Å². The fourth-order valence-corrected chi connectivity index (χ4v) is 2.47. The minimum Gasteiger partial charge on any atom is -0.289 e. The normalized spacial score (nSPS) is 25.1. The number of hydrogen-bond donors (Lipinski definition) is 1. The maximum absolute atomic E-state index is 11.9. The Hall–Kier alpha value is -0.570. The van der Waals surface area contributed by atoms with Crippen LogP contribution >= 0.6 is 0 Å². The standard InChI is InChI=1S/C12H21N2O/c15-12(11-7-3-1-4-8-11)13-14-9-5-2-6-10-14/h2,11H,1,3-10H2,(H,13,15). The van der Waals surface area contributed by atoms with Crippen molar-refractivity contribution in [2.75, 3.05) is 13.1 Å². The predicted octanol–water partition coefficient (Wildman–Crippen LogP) is 1.90. The third-order valence-corrected chi connectivity index (χ3v) is 3.45. The Kier molecular flexibility index (Phi) is 4.01. The number of piperidine rings is 1. The van der Waals surface area contributed by atoms with Crippen LogP contribution in [-0.2, 0) is 4.79 Å². The predicted molar refractivity (Wildman–Crippen MR) is 59.8 cm³/mol. The van der Waals surface area contributed by atoms with Gasteiger partial charge in [0.1, 0.15) is 0 Å². The first-order valence-electron chi connectivity index (χ1n) is 6.23. The van der Waals surface area contributed by atoms with Crippen molar-refractivity contribution < 1.29 is 4.79 Å². The molecular weight excluding hydrogens is 188 g/mol. The van der Waals surface area contributed by atoms with Crippen LogP contribution in [0.4, 0.5) is 0 Å². The number of nitrogens with one attached hydrogen (secondary N) is 1. The highest BCUT2D eigenvalue weighted by molar-refractivity contribution is 5.78. The first-order valence-corrected chi connectivity index (χ1v) is 6.23. The molecule has 0 aromatic carbocycles. The summed E-state index contributed by atoms with van der Waals surface area (Å²) >= 11 is 0. The Labute approximate surface area is 92.2 Å². The third-order valence-electron chi connectivity index (χ3n) is 3.45. The Balaban J connectivity index is 1.74. The van der Waals surface area contributed by atoms with Gasteiger partial charge in [-0.3, -0.25) is 10.2 Å². The molecule has 1 aliphatic heterocycles. The van der Waals surface area contributed by atoms with E-state index in [0.29, 0.717) is 0 Å². The van der Waals surface area contributed by atoms with Gasteiger partial charge in [-0.25, -0.2) is 5.01 Å². The summed E-state index contributed by atoms with van der Waals surface area (Å²) in [6.45, 7) is 1.97. The van der Waals surface area contributed by atoms with E-state index in [1.165, 1.54) is 19.3 Å². The minimum atomic E-state index is 0.261. The van der Waals surface area contributed by atoms with Gasteiger partial charge in [-0.2, -0.15) is 0 Å². The van der Waals surface area contributed by atoms with E-state index in [2.05, 4.69) is 16.9 Å². The molecule has 0 bridgehead atoms. The lowest BCUT2D eigenvalue weighted by atomic mass is 9.89. The molecular formula is C12H21N2O. The van der Waals surface area contributed by atoms with Crippen LogP contribution in [0.1, 0.15) is 44.9 Å². The zero-order valence-electron chi connectivity index (χ0n) is 9.37. The molecule has 2 fully saturated rings. The van der Waals surface area contributed by atoms with Gasteiger partial charge in [0.05, 0.1) is 0 Å². The van der Waals surface area contributed by atoms with Crippen LogP contribution in [0.5, 0.6) is 0 Å². The molecule has 1 amide bonds. The highest BCUT2D eigenvalue weighted by Crippen LogP contribution is 2.23. The summed E-state index contributed by atoms with van der Waals surface area (Å²) < 4.78 is 0. The summed E-state index contributed by atoms with van der Waals surface area (Å²) in [5, 5.41) is 2.08. The molecule has 85 valence electrons. The second-order valence-corrected chi connectivity index (χ2v) is 4.66. The fourth-order valence-electron chi connectivity index (χ4n) is 2.47. The van der Waals surface area contributed by atoms with E-state index in [4.69, 9.17) is 0 Å². The van der Waals surface area contributed by atoms with Crippen LogP contribution < -0.4 is 5.43 Å². The summed E-state index contributed by atoms with van der Waals surface area (Å²) in [6, 6.07) is 0. The number of hydrogen-bond acceptors (Lipinski definition) is 2. The minimum absolute atomic E-state index is 0.261. The van der Waals surface area contributed by atoms with Gasteiger partial charge in [0.2, 0.25) is 5.91 Å². The second kappa shape index (κ2) is 5.50. The molecule has 2 aliphatic rings. The van der Waals surface area contributed by atoms with Crippen LogP contribution in [0.25, 0.3) is 0 Å². The Morgan fingerprint density at radius 3 is 2.47 bits per heavy atom. The summed E-state index contributed by atoms with van der Waals surface area (Å²) in [5.41, 5.74) is 3.06.